The zero-order valence-corrected chi connectivity index (χ0v) is 13.9. The van der Waals surface area contributed by atoms with E-state index >= 15 is 0 Å². The van der Waals surface area contributed by atoms with Crippen LogP contribution in [-0.4, -0.2) is 36.6 Å². The van der Waals surface area contributed by atoms with E-state index in [0.29, 0.717) is 38.9 Å². The Morgan fingerprint density at radius 3 is 2.58 bits per heavy atom. The van der Waals surface area contributed by atoms with E-state index in [-0.39, 0.29) is 6.61 Å². The van der Waals surface area contributed by atoms with Crippen LogP contribution in [0.5, 0.6) is 0 Å². The average molecular weight is 330 g/mol. The number of aromatic nitrogens is 1. The Morgan fingerprint density at radius 1 is 1.33 bits per heavy atom. The van der Waals surface area contributed by atoms with Crippen LogP contribution in [0.25, 0.3) is 0 Å². The van der Waals surface area contributed by atoms with Crippen molar-refractivity contribution in [2.24, 2.45) is 5.92 Å². The van der Waals surface area contributed by atoms with E-state index in [1.54, 1.807) is 13.1 Å². The molecule has 24 heavy (non-hydrogen) atoms. The second-order valence-corrected chi connectivity index (χ2v) is 6.29. The summed E-state index contributed by atoms with van der Waals surface area (Å²) in [5.74, 6) is -1.92. The van der Waals surface area contributed by atoms with Crippen LogP contribution in [0.1, 0.15) is 38.3 Å². The number of ether oxygens (including phenoxy) is 3. The Labute approximate surface area is 141 Å². The smallest absolute Gasteiger partial charge is 0.324 e. The standard InChI is InChI=1S/C18H22N2O4/c1-2-22-16(21)14(13-19)17(15-5-3-4-10-20-15)6-8-18(9-7-17)23-11-12-24-18/h3-5,10,14H,2,6-9,11-12H2,1H3. The number of pyridine rings is 1. The molecule has 0 N–H and O–H groups in total. The van der Waals surface area contributed by atoms with Gasteiger partial charge in [0.1, 0.15) is 0 Å². The van der Waals surface area contributed by atoms with Gasteiger partial charge in [0.05, 0.1) is 25.9 Å². The fraction of sp³-hybridized carbons (Fsp3) is 0.611. The van der Waals surface area contributed by atoms with Crippen molar-refractivity contribution >= 4 is 5.97 Å². The zero-order chi connectivity index (χ0) is 17.0. The number of carbonyl (C=O) groups excluding carboxylic acids is 1. The Morgan fingerprint density at radius 2 is 2.04 bits per heavy atom. The Balaban J connectivity index is 1.94. The number of carbonyl (C=O) groups is 1. The Hall–Kier alpha value is -1.97. The van der Waals surface area contributed by atoms with Crippen molar-refractivity contribution in [3.63, 3.8) is 0 Å². The first kappa shape index (κ1) is 16.9. The zero-order valence-electron chi connectivity index (χ0n) is 13.9. The van der Waals surface area contributed by atoms with E-state index in [4.69, 9.17) is 14.2 Å². The van der Waals surface area contributed by atoms with Crippen molar-refractivity contribution in [1.29, 1.82) is 5.26 Å². The fourth-order valence-electron chi connectivity index (χ4n) is 3.84. The van der Waals surface area contributed by atoms with Gasteiger partial charge in [-0.1, -0.05) is 6.07 Å². The van der Waals surface area contributed by atoms with Gasteiger partial charge in [0.15, 0.2) is 11.7 Å². The third-order valence-corrected chi connectivity index (χ3v) is 5.10. The molecule has 1 saturated heterocycles. The summed E-state index contributed by atoms with van der Waals surface area (Å²) in [7, 11) is 0. The lowest BCUT2D eigenvalue weighted by molar-refractivity contribution is -0.189. The van der Waals surface area contributed by atoms with Crippen LogP contribution in [0.2, 0.25) is 0 Å². The van der Waals surface area contributed by atoms with Crippen molar-refractivity contribution in [1.82, 2.24) is 4.98 Å². The van der Waals surface area contributed by atoms with E-state index in [9.17, 15) is 10.1 Å². The monoisotopic (exact) mass is 330 g/mol. The van der Waals surface area contributed by atoms with Crippen LogP contribution in [0.15, 0.2) is 24.4 Å². The minimum atomic E-state index is -0.883. The van der Waals surface area contributed by atoms with Crippen molar-refractivity contribution in [3.05, 3.63) is 30.1 Å². The molecule has 6 nitrogen and oxygen atoms in total. The molecule has 1 aliphatic carbocycles. The molecule has 0 amide bonds. The normalized spacial score (nSPS) is 22.7. The van der Waals surface area contributed by atoms with Gasteiger partial charge in [0, 0.05) is 30.1 Å². The molecule has 2 fully saturated rings. The SMILES string of the molecule is CCOC(=O)C(C#N)C1(c2ccccn2)CCC2(CC1)OCCO2. The minimum Gasteiger partial charge on any atom is -0.465 e. The summed E-state index contributed by atoms with van der Waals surface area (Å²) in [6, 6.07) is 7.78. The van der Waals surface area contributed by atoms with Crippen LogP contribution in [0, 0.1) is 17.2 Å². The summed E-state index contributed by atoms with van der Waals surface area (Å²) in [6.45, 7) is 3.19. The predicted molar refractivity (Wildman–Crippen MR) is 84.8 cm³/mol. The molecular weight excluding hydrogens is 308 g/mol. The Bertz CT molecular complexity index is 610. The summed E-state index contributed by atoms with van der Waals surface area (Å²) in [5.41, 5.74) is 0.0977. The van der Waals surface area contributed by atoms with Crippen LogP contribution < -0.4 is 0 Å². The molecule has 1 atom stereocenters. The van der Waals surface area contributed by atoms with Gasteiger partial charge < -0.3 is 14.2 Å². The first-order valence-corrected chi connectivity index (χ1v) is 8.41. The highest BCUT2D eigenvalue weighted by atomic mass is 16.7. The van der Waals surface area contributed by atoms with E-state index in [0.717, 1.165) is 5.69 Å². The molecule has 0 radical (unpaired) electrons. The van der Waals surface area contributed by atoms with Crippen molar-refractivity contribution in [2.45, 2.75) is 43.8 Å². The third-order valence-electron chi connectivity index (χ3n) is 5.10. The molecule has 6 heteroatoms. The van der Waals surface area contributed by atoms with Gasteiger partial charge in [-0.2, -0.15) is 5.26 Å². The number of nitrogens with zero attached hydrogens (tertiary/aromatic N) is 2. The molecule has 1 aliphatic heterocycles. The molecule has 3 rings (SSSR count). The quantitative estimate of drug-likeness (QED) is 0.788. The third kappa shape index (κ3) is 2.90. The number of esters is 1. The molecule has 1 saturated carbocycles. The van der Waals surface area contributed by atoms with Gasteiger partial charge >= 0.3 is 5.97 Å². The number of hydrogen-bond acceptors (Lipinski definition) is 6. The van der Waals surface area contributed by atoms with E-state index in [1.165, 1.54) is 0 Å². The van der Waals surface area contributed by atoms with Crippen LogP contribution in [0.4, 0.5) is 0 Å². The van der Waals surface area contributed by atoms with Crippen LogP contribution >= 0.6 is 0 Å². The summed E-state index contributed by atoms with van der Waals surface area (Å²) in [6.07, 6.45) is 4.17. The van der Waals surface area contributed by atoms with Crippen molar-refractivity contribution in [2.75, 3.05) is 19.8 Å². The summed E-state index contributed by atoms with van der Waals surface area (Å²) in [4.78, 5) is 16.9. The molecule has 1 aromatic rings. The van der Waals surface area contributed by atoms with E-state index in [1.807, 2.05) is 18.2 Å². The molecule has 128 valence electrons. The number of hydrogen-bond donors (Lipinski definition) is 0. The van der Waals surface area contributed by atoms with Crippen LogP contribution in [0.3, 0.4) is 0 Å². The highest BCUT2D eigenvalue weighted by Gasteiger charge is 2.53. The van der Waals surface area contributed by atoms with Crippen molar-refractivity contribution in [3.8, 4) is 6.07 Å². The molecular formula is C18H22N2O4. The average Bonchev–Trinajstić information content (AvgIpc) is 3.07. The van der Waals surface area contributed by atoms with Gasteiger partial charge in [-0.05, 0) is 31.9 Å². The molecule has 2 heterocycles. The molecule has 2 aliphatic rings. The molecule has 1 spiro atoms. The summed E-state index contributed by atoms with van der Waals surface area (Å²) >= 11 is 0. The predicted octanol–water partition coefficient (Wildman–Crippen LogP) is 2.34. The second-order valence-electron chi connectivity index (χ2n) is 6.29. The van der Waals surface area contributed by atoms with Crippen molar-refractivity contribution < 1.29 is 19.0 Å². The lowest BCUT2D eigenvalue weighted by Crippen LogP contribution is -2.48. The van der Waals surface area contributed by atoms with Gasteiger partial charge in [-0.25, -0.2) is 0 Å². The summed E-state index contributed by atoms with van der Waals surface area (Å²) in [5, 5.41) is 9.72. The maximum absolute atomic E-state index is 12.4. The van der Waals surface area contributed by atoms with Gasteiger partial charge in [-0.15, -0.1) is 0 Å². The van der Waals surface area contributed by atoms with Gasteiger partial charge in [0.25, 0.3) is 0 Å². The molecule has 1 unspecified atom stereocenters. The largest absolute Gasteiger partial charge is 0.465 e. The van der Waals surface area contributed by atoms with Gasteiger partial charge in [-0.3, -0.25) is 9.78 Å². The van der Waals surface area contributed by atoms with E-state index in [2.05, 4.69) is 11.1 Å². The minimum absolute atomic E-state index is 0.255. The Kier molecular flexibility index (Phi) is 4.83. The topological polar surface area (TPSA) is 81.4 Å². The van der Waals surface area contributed by atoms with Gasteiger partial charge in [0.2, 0.25) is 0 Å². The van der Waals surface area contributed by atoms with Crippen LogP contribution in [-0.2, 0) is 24.4 Å². The maximum Gasteiger partial charge on any atom is 0.324 e. The number of nitriles is 1. The fourth-order valence-corrected chi connectivity index (χ4v) is 3.84. The molecule has 1 aromatic heterocycles. The molecule has 0 aromatic carbocycles. The first-order valence-electron chi connectivity index (χ1n) is 8.41. The molecule has 0 bridgehead atoms. The van der Waals surface area contributed by atoms with E-state index < -0.39 is 23.1 Å². The second kappa shape index (κ2) is 6.88. The lowest BCUT2D eigenvalue weighted by atomic mass is 9.62. The lowest BCUT2D eigenvalue weighted by Gasteiger charge is -2.44. The highest BCUT2D eigenvalue weighted by Crippen LogP contribution is 2.49. The maximum atomic E-state index is 12.4. The first-order chi connectivity index (χ1) is 11.7. The summed E-state index contributed by atoms with van der Waals surface area (Å²) < 4.78 is 16.7. The number of rotatable bonds is 4. The highest BCUT2D eigenvalue weighted by molar-refractivity contribution is 5.77.